The molecule has 6 rings (SSSR count). The highest BCUT2D eigenvalue weighted by atomic mass is 16.7. The van der Waals surface area contributed by atoms with Gasteiger partial charge in [-0.05, 0) is 124 Å². The summed E-state index contributed by atoms with van der Waals surface area (Å²) in [6, 6.07) is 38.4. The van der Waals surface area contributed by atoms with Crippen molar-refractivity contribution in [2.45, 2.75) is 163 Å². The van der Waals surface area contributed by atoms with Gasteiger partial charge in [0, 0.05) is 47.2 Å². The summed E-state index contributed by atoms with van der Waals surface area (Å²) in [6.45, 7) is 18.1. The molecule has 0 saturated heterocycles. The molecule has 2 fully saturated rings. The van der Waals surface area contributed by atoms with Gasteiger partial charge in [-0.1, -0.05) is 204 Å². The molecule has 2 amide bonds. The van der Waals surface area contributed by atoms with Crippen molar-refractivity contribution in [2.24, 2.45) is 37.9 Å². The lowest BCUT2D eigenvalue weighted by atomic mass is 9.61. The van der Waals surface area contributed by atoms with E-state index >= 15 is 0 Å². The van der Waals surface area contributed by atoms with Gasteiger partial charge in [0.15, 0.2) is 0 Å². The van der Waals surface area contributed by atoms with Gasteiger partial charge in [-0.2, -0.15) is 0 Å². The van der Waals surface area contributed by atoms with Gasteiger partial charge in [0.05, 0.1) is 13.2 Å². The van der Waals surface area contributed by atoms with Crippen molar-refractivity contribution in [3.8, 4) is 0 Å². The molecule has 80 heavy (non-hydrogen) atoms. The third-order valence-corrected chi connectivity index (χ3v) is 15.4. The monoisotopic (exact) mass is 1090 g/mol. The van der Waals surface area contributed by atoms with Crippen molar-refractivity contribution in [3.63, 3.8) is 0 Å². The first kappa shape index (κ1) is 62.1. The van der Waals surface area contributed by atoms with Crippen molar-refractivity contribution in [1.82, 2.24) is 10.6 Å². The summed E-state index contributed by atoms with van der Waals surface area (Å²) in [5, 5.41) is 14.7. The molecule has 0 radical (unpaired) electrons. The Labute approximate surface area is 476 Å². The molecule has 4 aromatic carbocycles. The fourth-order valence-corrected chi connectivity index (χ4v) is 12.3. The molecule has 0 bridgehead atoms. The number of unbranched alkanes of at least 4 members (excludes halogenated alkanes) is 2. The number of amides is 2. The third kappa shape index (κ3) is 21.9. The predicted octanol–water partition coefficient (Wildman–Crippen LogP) is 15.8. The number of ether oxygens (including phenoxy) is 2. The smallest absolute Gasteiger partial charge is 0.433 e. The van der Waals surface area contributed by atoms with Crippen LogP contribution in [0.2, 0.25) is 0 Å². The van der Waals surface area contributed by atoms with Crippen molar-refractivity contribution in [3.05, 3.63) is 181 Å². The lowest BCUT2D eigenvalue weighted by Gasteiger charge is -2.46. The van der Waals surface area contributed by atoms with Crippen LogP contribution in [0.5, 0.6) is 0 Å². The average Bonchev–Trinajstić information content (AvgIpc) is 3.43. The molecule has 2 aliphatic carbocycles. The van der Waals surface area contributed by atoms with Crippen LogP contribution in [-0.4, -0.2) is 60.8 Å². The van der Waals surface area contributed by atoms with E-state index in [1.165, 1.54) is 0 Å². The van der Waals surface area contributed by atoms with Crippen molar-refractivity contribution < 1.29 is 38.3 Å². The number of hydrogen-bond acceptors (Lipinski definition) is 10. The van der Waals surface area contributed by atoms with Crippen molar-refractivity contribution in [1.29, 1.82) is 0 Å². The molecule has 428 valence electrons. The van der Waals surface area contributed by atoms with Gasteiger partial charge >= 0.3 is 24.1 Å². The summed E-state index contributed by atoms with van der Waals surface area (Å²) in [6.07, 6.45) is 22.6. The van der Waals surface area contributed by atoms with Crippen LogP contribution in [0.25, 0.3) is 0 Å². The number of carbonyl (C=O) groups excluding carboxylic acids is 4. The molecule has 12 nitrogen and oxygen atoms in total. The number of rotatable bonds is 28. The van der Waals surface area contributed by atoms with Crippen LogP contribution in [0, 0.1) is 27.6 Å². The Bertz CT molecular complexity index is 2620. The van der Waals surface area contributed by atoms with E-state index in [0.29, 0.717) is 56.2 Å². The predicted molar refractivity (Wildman–Crippen MR) is 320 cm³/mol. The van der Waals surface area contributed by atoms with Gasteiger partial charge < -0.3 is 20.1 Å². The fourth-order valence-electron chi connectivity index (χ4n) is 12.3. The molecule has 5 unspecified atom stereocenters. The number of esters is 2. The number of carbonyl (C=O) groups is 4. The van der Waals surface area contributed by atoms with E-state index in [4.69, 9.17) is 19.1 Å². The SMILES string of the molecule is C=CC(C/C=C\CCCOC(=O)CCC1(C)CC(NC(=O)ON=C(c2ccccc2)c2ccccc2)CC(C)(C)C1)CC/C=C/CCCOC(=O)CCC1(C)CC(NC(=O)ON=C(c2ccccc2)c2ccccc2)CC(C)(C)C1. The molecule has 5 atom stereocenters. The molecule has 0 aromatic heterocycles. The number of nitrogens with one attached hydrogen (secondary N) is 2. The Hall–Kier alpha value is -7.08. The van der Waals surface area contributed by atoms with Crippen molar-refractivity contribution in [2.75, 3.05) is 13.2 Å². The van der Waals surface area contributed by atoms with Crippen LogP contribution < -0.4 is 10.6 Å². The zero-order valence-corrected chi connectivity index (χ0v) is 48.5. The number of nitrogens with zero attached hydrogens (tertiary/aromatic N) is 2. The number of hydrogen-bond donors (Lipinski definition) is 2. The molecule has 2 saturated carbocycles. The van der Waals surface area contributed by atoms with E-state index in [-0.39, 0.29) is 45.7 Å². The van der Waals surface area contributed by atoms with E-state index in [1.54, 1.807) is 0 Å². The second kappa shape index (κ2) is 31.1. The Morgan fingerprint density at radius 3 is 1.27 bits per heavy atom. The molecule has 2 N–H and O–H groups in total. The van der Waals surface area contributed by atoms with Gasteiger partial charge in [0.25, 0.3) is 0 Å². The maximum absolute atomic E-state index is 13.1. The minimum atomic E-state index is -0.592. The summed E-state index contributed by atoms with van der Waals surface area (Å²) in [4.78, 5) is 62.9. The Morgan fingerprint density at radius 1 is 0.537 bits per heavy atom. The number of benzene rings is 4. The largest absolute Gasteiger partial charge is 0.466 e. The molecule has 0 aliphatic heterocycles. The van der Waals surface area contributed by atoms with E-state index in [1.807, 2.05) is 127 Å². The fraction of sp³-hybridized carbons (Fsp3) is 0.471. The quantitative estimate of drug-likeness (QED) is 0.0142. The normalized spacial score (nSPS) is 20.6. The van der Waals surface area contributed by atoms with Gasteiger partial charge in [-0.3, -0.25) is 19.3 Å². The lowest BCUT2D eigenvalue weighted by molar-refractivity contribution is -0.145. The topological polar surface area (TPSA) is 154 Å². The first-order chi connectivity index (χ1) is 38.4. The molecule has 0 heterocycles. The van der Waals surface area contributed by atoms with Crippen LogP contribution in [0.1, 0.15) is 173 Å². The first-order valence-corrected chi connectivity index (χ1v) is 29.0. The molecule has 2 aliphatic rings. The third-order valence-electron chi connectivity index (χ3n) is 15.4. The van der Waals surface area contributed by atoms with Gasteiger partial charge in [-0.15, -0.1) is 6.58 Å². The summed E-state index contributed by atoms with van der Waals surface area (Å²) < 4.78 is 11.3. The van der Waals surface area contributed by atoms with Crippen LogP contribution in [0.3, 0.4) is 0 Å². The average molecular weight is 1090 g/mol. The minimum Gasteiger partial charge on any atom is -0.466 e. The number of allylic oxidation sites excluding steroid dienone is 5. The molecular formula is C68H88N4O8. The number of oxime groups is 2. The summed E-state index contributed by atoms with van der Waals surface area (Å²) >= 11 is 0. The molecule has 12 heteroatoms. The maximum atomic E-state index is 13.1. The van der Waals surface area contributed by atoms with E-state index in [0.717, 1.165) is 106 Å². The highest BCUT2D eigenvalue weighted by Crippen LogP contribution is 2.50. The highest BCUT2D eigenvalue weighted by molar-refractivity contribution is 6.13. The highest BCUT2D eigenvalue weighted by Gasteiger charge is 2.43. The van der Waals surface area contributed by atoms with E-state index < -0.39 is 12.2 Å². The van der Waals surface area contributed by atoms with Crippen molar-refractivity contribution >= 4 is 35.5 Å². The zero-order valence-electron chi connectivity index (χ0n) is 48.5. The molecular weight excluding hydrogens is 1000 g/mol. The Morgan fingerprint density at radius 2 is 0.900 bits per heavy atom. The molecule has 0 spiro atoms. The molecule has 4 aromatic rings. The van der Waals surface area contributed by atoms with Crippen LogP contribution in [-0.2, 0) is 28.7 Å². The summed E-state index contributed by atoms with van der Waals surface area (Å²) in [5.41, 5.74) is 4.17. The van der Waals surface area contributed by atoms with Crippen LogP contribution in [0.4, 0.5) is 9.59 Å². The van der Waals surface area contributed by atoms with E-state index in [9.17, 15) is 19.2 Å². The van der Waals surface area contributed by atoms with Crippen LogP contribution in [0.15, 0.2) is 169 Å². The second-order valence-electron chi connectivity index (χ2n) is 24.4. The van der Waals surface area contributed by atoms with Gasteiger partial charge in [0.1, 0.15) is 11.4 Å². The first-order valence-electron chi connectivity index (χ1n) is 29.0. The minimum absolute atomic E-state index is 0.0368. The zero-order chi connectivity index (χ0) is 57.3. The summed E-state index contributed by atoms with van der Waals surface area (Å²) in [5.74, 6) is -0.00746. The Balaban J connectivity index is 0.799. The standard InChI is InChI=1S/C68H88N4O8/c1-8-52(31-19-11-13-29-45-78-60(74)41-43-68(7)49-58(47-66(4,5)51-68)70-64(76)80-72-62(55-36-24-16-25-37-55)56-38-26-17-27-39-56)30-18-10-9-12-28-44-77-59(73)40-42-67(6)48-57(46-65(2,3)50-67)69-63(75)79-71-61(53-32-20-14-21-33-53)54-34-22-15-23-35-54/h8-11,14-17,19-27,32-39,52,57-58H,1,12-13,18,28-31,40-51H2,2-7H3,(H,69,75)(H,70,76)/b10-9+,19-11-. The second-order valence-corrected chi connectivity index (χ2v) is 24.4. The van der Waals surface area contributed by atoms with E-state index in [2.05, 4.69) is 93.4 Å². The maximum Gasteiger partial charge on any atom is 0.433 e. The van der Waals surface area contributed by atoms with Gasteiger partial charge in [-0.25, -0.2) is 9.59 Å². The van der Waals surface area contributed by atoms with Gasteiger partial charge in [0.2, 0.25) is 0 Å². The Kier molecular flexibility index (Phi) is 24.1. The summed E-state index contributed by atoms with van der Waals surface area (Å²) in [7, 11) is 0. The van der Waals surface area contributed by atoms with Crippen LogP contribution >= 0.6 is 0 Å². The lowest BCUT2D eigenvalue weighted by Crippen LogP contribution is -2.47.